The van der Waals surface area contributed by atoms with Crippen molar-refractivity contribution >= 4 is 5.82 Å². The van der Waals surface area contributed by atoms with Crippen LogP contribution in [0.1, 0.15) is 11.5 Å². The highest BCUT2D eigenvalue weighted by Gasteiger charge is 2.00. The Balaban J connectivity index is 2.14. The van der Waals surface area contributed by atoms with Gasteiger partial charge in [-0.05, 0) is 6.92 Å². The molecule has 0 atom stereocenters. The van der Waals surface area contributed by atoms with E-state index in [1.54, 1.807) is 18.6 Å². The van der Waals surface area contributed by atoms with Gasteiger partial charge in [-0.1, -0.05) is 0 Å². The van der Waals surface area contributed by atoms with Gasteiger partial charge in [0, 0.05) is 19.4 Å². The first kappa shape index (κ1) is 9.64. The molecule has 0 unspecified atom stereocenters. The van der Waals surface area contributed by atoms with Crippen LogP contribution in [0.15, 0.2) is 24.8 Å². The molecule has 0 bridgehead atoms. The number of nitrogens with one attached hydrogen (secondary N) is 1. The maximum atomic E-state index is 4.29. The molecule has 0 aliphatic carbocycles. The lowest BCUT2D eigenvalue weighted by atomic mass is 10.4. The molecule has 0 amide bonds. The van der Waals surface area contributed by atoms with E-state index in [0.717, 1.165) is 17.3 Å². The summed E-state index contributed by atoms with van der Waals surface area (Å²) in [5, 5.41) is 2.93. The summed E-state index contributed by atoms with van der Waals surface area (Å²) in [4.78, 5) is 12.6. The molecule has 0 aliphatic heterocycles. The number of rotatable bonds is 3. The Morgan fingerprint density at radius 1 is 1.27 bits per heavy atom. The van der Waals surface area contributed by atoms with E-state index in [9.17, 15) is 0 Å². The van der Waals surface area contributed by atoms with Crippen LogP contribution >= 0.6 is 0 Å². The third kappa shape index (κ3) is 2.12. The number of nitrogens with zero attached hydrogens (tertiary/aromatic N) is 4. The molecule has 0 spiro atoms. The molecule has 5 heteroatoms. The molecule has 15 heavy (non-hydrogen) atoms. The number of imidazole rings is 1. The fourth-order valence-electron chi connectivity index (χ4n) is 1.31. The van der Waals surface area contributed by atoms with Gasteiger partial charge >= 0.3 is 0 Å². The molecule has 2 aromatic heterocycles. The molecule has 2 aromatic rings. The van der Waals surface area contributed by atoms with Gasteiger partial charge in [-0.15, -0.1) is 0 Å². The Morgan fingerprint density at radius 3 is 2.67 bits per heavy atom. The van der Waals surface area contributed by atoms with Crippen LogP contribution in [0.2, 0.25) is 0 Å². The van der Waals surface area contributed by atoms with Gasteiger partial charge in [-0.25, -0.2) is 9.97 Å². The smallest absolute Gasteiger partial charge is 0.144 e. The molecule has 0 fully saturated rings. The van der Waals surface area contributed by atoms with Crippen LogP contribution < -0.4 is 5.32 Å². The van der Waals surface area contributed by atoms with Crippen molar-refractivity contribution in [3.05, 3.63) is 36.3 Å². The van der Waals surface area contributed by atoms with Gasteiger partial charge in [0.15, 0.2) is 0 Å². The Kier molecular flexibility index (Phi) is 2.62. The first-order chi connectivity index (χ1) is 7.29. The van der Waals surface area contributed by atoms with Crippen molar-refractivity contribution in [3.63, 3.8) is 0 Å². The molecule has 0 aromatic carbocycles. The Hall–Kier alpha value is -1.91. The van der Waals surface area contributed by atoms with Crippen LogP contribution in [0.25, 0.3) is 0 Å². The monoisotopic (exact) mass is 203 g/mol. The summed E-state index contributed by atoms with van der Waals surface area (Å²) < 4.78 is 2.03. The van der Waals surface area contributed by atoms with Crippen LogP contribution in [0.3, 0.4) is 0 Å². The molecular formula is C10H13N5. The zero-order valence-corrected chi connectivity index (χ0v) is 8.81. The summed E-state index contributed by atoms with van der Waals surface area (Å²) in [6.45, 7) is 2.68. The number of aromatic nitrogens is 4. The van der Waals surface area contributed by atoms with E-state index >= 15 is 0 Å². The second-order valence-electron chi connectivity index (χ2n) is 3.25. The minimum atomic E-state index is 0.711. The number of aryl methyl sites for hydroxylation is 1. The number of anilines is 1. The largest absolute Gasteiger partial charge is 0.372 e. The van der Waals surface area contributed by atoms with E-state index in [1.807, 2.05) is 24.7 Å². The Labute approximate surface area is 88.2 Å². The van der Waals surface area contributed by atoms with Crippen LogP contribution in [0, 0.1) is 6.92 Å². The van der Waals surface area contributed by atoms with Crippen molar-refractivity contribution in [3.8, 4) is 0 Å². The fraction of sp³-hybridized carbons (Fsp3) is 0.300. The highest BCUT2D eigenvalue weighted by Crippen LogP contribution is 2.03. The Morgan fingerprint density at radius 2 is 2.13 bits per heavy atom. The van der Waals surface area contributed by atoms with Crippen molar-refractivity contribution in [2.45, 2.75) is 13.5 Å². The molecule has 0 aliphatic rings. The standard InChI is InChI=1S/C10H13N5/c1-8-12-3-4-15(8)7-9-5-14-10(11-2)6-13-9/h3-6H,7H2,1-2H3,(H,11,14). The van der Waals surface area contributed by atoms with Gasteiger partial charge in [0.25, 0.3) is 0 Å². The normalized spacial score (nSPS) is 10.3. The second kappa shape index (κ2) is 4.08. The topological polar surface area (TPSA) is 55.6 Å². The quantitative estimate of drug-likeness (QED) is 0.810. The van der Waals surface area contributed by atoms with Crippen LogP contribution in [0.5, 0.6) is 0 Å². The van der Waals surface area contributed by atoms with Crippen molar-refractivity contribution in [2.24, 2.45) is 0 Å². The molecule has 5 nitrogen and oxygen atoms in total. The lowest BCUT2D eigenvalue weighted by Crippen LogP contribution is -2.04. The first-order valence-electron chi connectivity index (χ1n) is 4.76. The lowest BCUT2D eigenvalue weighted by Gasteiger charge is -2.04. The van der Waals surface area contributed by atoms with Gasteiger partial charge in [0.2, 0.25) is 0 Å². The Bertz CT molecular complexity index is 431. The predicted molar refractivity (Wildman–Crippen MR) is 57.6 cm³/mol. The fourth-order valence-corrected chi connectivity index (χ4v) is 1.31. The van der Waals surface area contributed by atoms with E-state index in [1.165, 1.54) is 0 Å². The lowest BCUT2D eigenvalue weighted by molar-refractivity contribution is 0.738. The van der Waals surface area contributed by atoms with Crippen LogP contribution in [-0.4, -0.2) is 26.6 Å². The summed E-state index contributed by atoms with van der Waals surface area (Å²) in [5.41, 5.74) is 0.926. The van der Waals surface area contributed by atoms with Gasteiger partial charge < -0.3 is 9.88 Å². The van der Waals surface area contributed by atoms with E-state index < -0.39 is 0 Å². The van der Waals surface area contributed by atoms with E-state index in [4.69, 9.17) is 0 Å². The minimum Gasteiger partial charge on any atom is -0.372 e. The molecule has 2 heterocycles. The average Bonchev–Trinajstić information content (AvgIpc) is 2.66. The highest BCUT2D eigenvalue weighted by atomic mass is 15.1. The summed E-state index contributed by atoms with van der Waals surface area (Å²) in [5.74, 6) is 1.76. The highest BCUT2D eigenvalue weighted by molar-refractivity contribution is 5.29. The SMILES string of the molecule is CNc1cnc(Cn2ccnc2C)cn1. The number of hydrogen-bond acceptors (Lipinski definition) is 4. The summed E-state index contributed by atoms with van der Waals surface area (Å²) in [7, 11) is 1.82. The minimum absolute atomic E-state index is 0.711. The third-order valence-corrected chi connectivity index (χ3v) is 2.22. The summed E-state index contributed by atoms with van der Waals surface area (Å²) in [6.07, 6.45) is 7.21. The number of hydrogen-bond donors (Lipinski definition) is 1. The molecular weight excluding hydrogens is 190 g/mol. The zero-order valence-electron chi connectivity index (χ0n) is 8.81. The molecule has 2 rings (SSSR count). The van der Waals surface area contributed by atoms with E-state index in [0.29, 0.717) is 6.54 Å². The molecule has 0 saturated heterocycles. The van der Waals surface area contributed by atoms with Gasteiger partial charge in [0.05, 0.1) is 24.6 Å². The molecule has 78 valence electrons. The van der Waals surface area contributed by atoms with Crippen molar-refractivity contribution in [1.82, 2.24) is 19.5 Å². The van der Waals surface area contributed by atoms with Gasteiger partial charge in [-0.2, -0.15) is 0 Å². The van der Waals surface area contributed by atoms with Crippen molar-refractivity contribution in [2.75, 3.05) is 12.4 Å². The van der Waals surface area contributed by atoms with E-state index in [2.05, 4.69) is 20.3 Å². The second-order valence-corrected chi connectivity index (χ2v) is 3.25. The van der Waals surface area contributed by atoms with Crippen molar-refractivity contribution in [1.29, 1.82) is 0 Å². The van der Waals surface area contributed by atoms with Crippen LogP contribution in [0.4, 0.5) is 5.82 Å². The average molecular weight is 203 g/mol. The first-order valence-corrected chi connectivity index (χ1v) is 4.76. The van der Waals surface area contributed by atoms with Gasteiger partial charge in [-0.3, -0.25) is 4.98 Å². The van der Waals surface area contributed by atoms with Crippen LogP contribution in [-0.2, 0) is 6.54 Å². The molecule has 0 saturated carbocycles. The van der Waals surface area contributed by atoms with E-state index in [-0.39, 0.29) is 0 Å². The summed E-state index contributed by atoms with van der Waals surface area (Å²) in [6, 6.07) is 0. The predicted octanol–water partition coefficient (Wildman–Crippen LogP) is 1.07. The molecule has 1 N–H and O–H groups in total. The maximum absolute atomic E-state index is 4.29. The maximum Gasteiger partial charge on any atom is 0.144 e. The zero-order chi connectivity index (χ0) is 10.7. The summed E-state index contributed by atoms with van der Waals surface area (Å²) >= 11 is 0. The van der Waals surface area contributed by atoms with Gasteiger partial charge in [0.1, 0.15) is 11.6 Å². The third-order valence-electron chi connectivity index (χ3n) is 2.22. The van der Waals surface area contributed by atoms with Crippen molar-refractivity contribution < 1.29 is 0 Å². The molecule has 0 radical (unpaired) electrons.